The van der Waals surface area contributed by atoms with Crippen molar-refractivity contribution < 1.29 is 4.39 Å². The van der Waals surface area contributed by atoms with E-state index in [1.165, 1.54) is 6.07 Å². The lowest BCUT2D eigenvalue weighted by Crippen LogP contribution is -2.23. The lowest BCUT2D eigenvalue weighted by atomic mass is 10.0. The van der Waals surface area contributed by atoms with Crippen LogP contribution < -0.4 is 5.32 Å². The third-order valence-corrected chi connectivity index (χ3v) is 5.20. The molecule has 1 N–H and O–H groups in total. The number of benzene rings is 1. The maximum absolute atomic E-state index is 14.1. The van der Waals surface area contributed by atoms with Crippen LogP contribution in [0, 0.1) is 5.82 Å². The summed E-state index contributed by atoms with van der Waals surface area (Å²) in [6.45, 7) is 2.95. The molecule has 1 unspecified atom stereocenters. The Hall–Kier alpha value is -0.230. The zero-order valence-electron chi connectivity index (χ0n) is 10.4. The summed E-state index contributed by atoms with van der Waals surface area (Å²) < 4.78 is 16.0. The van der Waals surface area contributed by atoms with Gasteiger partial charge in [-0.25, -0.2) is 4.39 Å². The van der Waals surface area contributed by atoms with Gasteiger partial charge in [-0.2, -0.15) is 0 Å². The van der Waals surface area contributed by atoms with E-state index < -0.39 is 0 Å². The average Bonchev–Trinajstić information content (AvgIpc) is 2.80. The minimum absolute atomic E-state index is 0.119. The van der Waals surface area contributed by atoms with Gasteiger partial charge in [0.25, 0.3) is 0 Å². The standard InChI is InChI=1S/C14H14Br2FNS/c1-2-6-18-13(14-11(16)5-7-19-14)10-8-9(15)3-4-12(10)17/h3-5,7-8,13,18H,2,6H2,1H3. The van der Waals surface area contributed by atoms with Crippen LogP contribution >= 0.6 is 43.2 Å². The Morgan fingerprint density at radius 1 is 1.32 bits per heavy atom. The number of halogens is 3. The molecular weight excluding hydrogens is 393 g/mol. The van der Waals surface area contributed by atoms with Crippen molar-refractivity contribution in [3.8, 4) is 0 Å². The van der Waals surface area contributed by atoms with Crippen LogP contribution in [-0.4, -0.2) is 6.54 Å². The summed E-state index contributed by atoms with van der Waals surface area (Å²) in [5.41, 5.74) is 0.672. The second-order valence-electron chi connectivity index (χ2n) is 4.19. The Morgan fingerprint density at radius 3 is 2.74 bits per heavy atom. The molecule has 1 atom stereocenters. The van der Waals surface area contributed by atoms with E-state index in [1.807, 2.05) is 17.5 Å². The van der Waals surface area contributed by atoms with Crippen LogP contribution in [0.2, 0.25) is 0 Å². The fourth-order valence-corrected chi connectivity index (χ4v) is 3.95. The third kappa shape index (κ3) is 3.66. The molecule has 19 heavy (non-hydrogen) atoms. The SMILES string of the molecule is CCCNC(c1cc(Br)ccc1F)c1sccc1Br. The quantitative estimate of drug-likeness (QED) is 0.690. The van der Waals surface area contributed by atoms with Gasteiger partial charge in [0.1, 0.15) is 5.82 Å². The Balaban J connectivity index is 2.42. The molecule has 1 nitrogen and oxygen atoms in total. The van der Waals surface area contributed by atoms with E-state index in [4.69, 9.17) is 0 Å². The summed E-state index contributed by atoms with van der Waals surface area (Å²) in [6, 6.07) is 6.94. The minimum atomic E-state index is -0.183. The smallest absolute Gasteiger partial charge is 0.128 e. The third-order valence-electron chi connectivity index (χ3n) is 2.77. The summed E-state index contributed by atoms with van der Waals surface area (Å²) in [4.78, 5) is 1.10. The molecule has 0 fully saturated rings. The zero-order valence-corrected chi connectivity index (χ0v) is 14.4. The average molecular weight is 407 g/mol. The zero-order chi connectivity index (χ0) is 13.8. The summed E-state index contributed by atoms with van der Waals surface area (Å²) in [5, 5.41) is 5.43. The van der Waals surface area contributed by atoms with Gasteiger partial charge in [0.15, 0.2) is 0 Å². The molecule has 2 aromatic rings. The maximum atomic E-state index is 14.1. The van der Waals surface area contributed by atoms with E-state index in [1.54, 1.807) is 17.4 Å². The van der Waals surface area contributed by atoms with Crippen molar-refractivity contribution in [2.45, 2.75) is 19.4 Å². The maximum Gasteiger partial charge on any atom is 0.128 e. The van der Waals surface area contributed by atoms with Crippen molar-refractivity contribution in [2.24, 2.45) is 0 Å². The lowest BCUT2D eigenvalue weighted by Gasteiger charge is -2.19. The number of thiophene rings is 1. The van der Waals surface area contributed by atoms with E-state index >= 15 is 0 Å². The molecule has 2 rings (SSSR count). The highest BCUT2D eigenvalue weighted by atomic mass is 79.9. The summed E-state index contributed by atoms with van der Waals surface area (Å²) >= 11 is 8.57. The van der Waals surface area contributed by atoms with Crippen molar-refractivity contribution in [2.75, 3.05) is 6.54 Å². The van der Waals surface area contributed by atoms with Crippen LogP contribution in [0.15, 0.2) is 38.6 Å². The lowest BCUT2D eigenvalue weighted by molar-refractivity contribution is 0.550. The molecule has 0 spiro atoms. The van der Waals surface area contributed by atoms with Crippen molar-refractivity contribution in [3.05, 3.63) is 54.8 Å². The van der Waals surface area contributed by atoms with Crippen LogP contribution in [0.3, 0.4) is 0 Å². The van der Waals surface area contributed by atoms with E-state index in [0.717, 1.165) is 26.8 Å². The first-order valence-corrected chi connectivity index (χ1v) is 8.51. The topological polar surface area (TPSA) is 12.0 Å². The fourth-order valence-electron chi connectivity index (χ4n) is 1.88. The van der Waals surface area contributed by atoms with Gasteiger partial charge in [-0.3, -0.25) is 0 Å². The second-order valence-corrected chi connectivity index (χ2v) is 6.90. The first kappa shape index (κ1) is 15.2. The monoisotopic (exact) mass is 405 g/mol. The number of nitrogens with one attached hydrogen (secondary N) is 1. The van der Waals surface area contributed by atoms with Gasteiger partial charge in [0.05, 0.1) is 6.04 Å². The molecular formula is C14H14Br2FNS. The molecule has 0 aliphatic rings. The molecule has 0 saturated carbocycles. The summed E-state index contributed by atoms with van der Waals surface area (Å²) in [7, 11) is 0. The Bertz CT molecular complexity index is 556. The first-order chi connectivity index (χ1) is 9.13. The predicted molar refractivity (Wildman–Crippen MR) is 86.3 cm³/mol. The molecule has 1 aromatic heterocycles. The Kier molecular flexibility index (Phi) is 5.57. The Morgan fingerprint density at radius 2 is 2.11 bits per heavy atom. The highest BCUT2D eigenvalue weighted by molar-refractivity contribution is 9.10. The fraction of sp³-hybridized carbons (Fsp3) is 0.286. The van der Waals surface area contributed by atoms with Gasteiger partial charge in [-0.15, -0.1) is 11.3 Å². The molecule has 0 aliphatic heterocycles. The summed E-state index contributed by atoms with van der Waals surface area (Å²) in [5.74, 6) is -0.183. The van der Waals surface area contributed by atoms with Crippen molar-refractivity contribution in [1.82, 2.24) is 5.32 Å². The van der Waals surface area contributed by atoms with Crippen molar-refractivity contribution >= 4 is 43.2 Å². The molecule has 0 aliphatic carbocycles. The van der Waals surface area contributed by atoms with Crippen LogP contribution in [0.1, 0.15) is 29.8 Å². The van der Waals surface area contributed by atoms with Gasteiger partial charge < -0.3 is 5.32 Å². The van der Waals surface area contributed by atoms with E-state index in [-0.39, 0.29) is 11.9 Å². The molecule has 1 aromatic carbocycles. The van der Waals surface area contributed by atoms with Gasteiger partial charge in [-0.05, 0) is 58.5 Å². The molecule has 1 heterocycles. The van der Waals surface area contributed by atoms with Crippen LogP contribution in [0.25, 0.3) is 0 Å². The van der Waals surface area contributed by atoms with Crippen LogP contribution in [-0.2, 0) is 0 Å². The predicted octanol–water partition coefficient (Wildman–Crippen LogP) is 5.50. The highest BCUT2D eigenvalue weighted by Crippen LogP contribution is 2.35. The molecule has 5 heteroatoms. The largest absolute Gasteiger partial charge is 0.305 e. The molecule has 102 valence electrons. The van der Waals surface area contributed by atoms with E-state index in [2.05, 4.69) is 44.1 Å². The van der Waals surface area contributed by atoms with Crippen LogP contribution in [0.4, 0.5) is 4.39 Å². The molecule has 0 amide bonds. The van der Waals surface area contributed by atoms with Crippen LogP contribution in [0.5, 0.6) is 0 Å². The van der Waals surface area contributed by atoms with Gasteiger partial charge in [-0.1, -0.05) is 22.9 Å². The number of hydrogen-bond donors (Lipinski definition) is 1. The first-order valence-electron chi connectivity index (χ1n) is 6.04. The van der Waals surface area contributed by atoms with Crippen molar-refractivity contribution in [1.29, 1.82) is 0 Å². The van der Waals surface area contributed by atoms with Gasteiger partial charge in [0, 0.05) is 19.4 Å². The molecule has 0 radical (unpaired) electrons. The molecule has 0 saturated heterocycles. The Labute approximate surface area is 133 Å². The van der Waals surface area contributed by atoms with E-state index in [0.29, 0.717) is 5.56 Å². The normalized spacial score (nSPS) is 12.6. The number of rotatable bonds is 5. The van der Waals surface area contributed by atoms with E-state index in [9.17, 15) is 4.39 Å². The molecule has 0 bridgehead atoms. The minimum Gasteiger partial charge on any atom is -0.305 e. The second kappa shape index (κ2) is 6.97. The number of hydrogen-bond acceptors (Lipinski definition) is 2. The summed E-state index contributed by atoms with van der Waals surface area (Å²) in [6.07, 6.45) is 1.01. The highest BCUT2D eigenvalue weighted by Gasteiger charge is 2.21. The van der Waals surface area contributed by atoms with Crippen molar-refractivity contribution in [3.63, 3.8) is 0 Å². The van der Waals surface area contributed by atoms with Gasteiger partial charge >= 0.3 is 0 Å². The van der Waals surface area contributed by atoms with Gasteiger partial charge in [0.2, 0.25) is 0 Å².